The maximum Gasteiger partial charge on any atom is 0.119 e. The highest BCUT2D eigenvalue weighted by Crippen LogP contribution is 2.14. The third-order valence-electron chi connectivity index (χ3n) is 0.487. The molecule has 1 saturated carbocycles. The van der Waals surface area contributed by atoms with Crippen LogP contribution in [0.15, 0.2) is 0 Å². The number of rotatable bonds is 1. The van der Waals surface area contributed by atoms with Crippen LogP contribution in [-0.2, 0) is 0 Å². The molecule has 0 aliphatic heterocycles. The lowest BCUT2D eigenvalue weighted by Gasteiger charge is -2.15. The summed E-state index contributed by atoms with van der Waals surface area (Å²) in [5.41, 5.74) is -0.752. The lowest BCUT2D eigenvalue weighted by Crippen LogP contribution is -2.22. The third-order valence-corrected chi connectivity index (χ3v) is 0.487. The normalized spacial score (nSPS) is 93.6. The largest absolute Gasteiger partial charge is 0.328 e. The van der Waals surface area contributed by atoms with Crippen LogP contribution in [0.5, 0.6) is 0 Å². The summed E-state index contributed by atoms with van der Waals surface area (Å²) in [5.74, 6) is 0. The molecule has 1 nitrogen and oxygen atoms in total. The van der Waals surface area contributed by atoms with Crippen molar-refractivity contribution in [1.29, 1.82) is 0 Å². The quantitative estimate of drug-likeness (QED) is 0.543. The van der Waals surface area contributed by atoms with E-state index in [0.717, 1.165) is 0 Å². The number of nitrogens with two attached hydrogens (primary N) is 1. The summed E-state index contributed by atoms with van der Waals surface area (Å²) >= 11 is 0. The molecule has 7 heavy (non-hydrogen) atoms. The number of hydrogen-bond acceptors (Lipinski definition) is 1. The average Bonchev–Trinajstić information content (AvgIpc) is 2.24. The van der Waals surface area contributed by atoms with E-state index in [0.29, 0.717) is 0 Å². The first-order valence-electron chi connectivity index (χ1n) is 8.12. The molecule has 0 aromatic carbocycles. The van der Waals surface area contributed by atoms with E-state index in [-0.39, 0.29) is 0 Å². The number of hydrogen-bond donors (Lipinski definition) is 1. The Morgan fingerprint density at radius 3 is 2.86 bits per heavy atom. The Morgan fingerprint density at radius 2 is 2.29 bits per heavy atom. The lowest BCUT2D eigenvalue weighted by atomic mass is 9.97. The van der Waals surface area contributed by atoms with E-state index in [1.807, 2.05) is 0 Å². The molecular weight excluding hydrogens is 86.1 g/mol. The van der Waals surface area contributed by atoms with Crippen LogP contribution < -0.4 is 5.72 Å². The average molecular weight is 112 g/mol. The summed E-state index contributed by atoms with van der Waals surface area (Å²) in [5, 5.41) is 0. The summed E-state index contributed by atoms with van der Waals surface area (Å²) in [6, 6.07) is -3.61. The van der Waals surface area contributed by atoms with Gasteiger partial charge >= 0.3 is 0 Å². The van der Waals surface area contributed by atoms with Crippen LogP contribution in [0.25, 0.3) is 0 Å². The van der Waals surface area contributed by atoms with Crippen LogP contribution >= 0.6 is 0 Å². The molecule has 0 heterocycles. The Hall–Kier alpha value is -0.0400. The van der Waals surface area contributed by atoms with Gasteiger partial charge in [0.1, 0.15) is 2.82 Å². The highest BCUT2D eigenvalue weighted by Gasteiger charge is 2.06. The van der Waals surface area contributed by atoms with E-state index in [4.69, 9.17) is 17.9 Å². The molecule has 0 atom stereocenters. The van der Waals surface area contributed by atoms with Gasteiger partial charge in [-0.05, 0) is 12.7 Å². The van der Waals surface area contributed by atoms with Gasteiger partial charge < -0.3 is 5.72 Å². The van der Waals surface area contributed by atoms with Gasteiger partial charge in [-0.3, -0.25) is 0 Å². The van der Waals surface area contributed by atoms with E-state index in [1.165, 1.54) is 0 Å². The van der Waals surface area contributed by atoms with Crippen molar-refractivity contribution in [2.75, 3.05) is 0 Å². The third kappa shape index (κ3) is 1.48. The molecule has 1 fully saturated rings. The summed E-state index contributed by atoms with van der Waals surface area (Å²) < 4.78 is 97.1. The van der Waals surface area contributed by atoms with Gasteiger partial charge in [0.2, 0.25) is 0 Å². The van der Waals surface area contributed by atoms with Crippen LogP contribution in [0, 0.1) is 0 Å². The minimum absolute atomic E-state index is 0.752. The molecule has 1 aliphatic rings. The van der Waals surface area contributed by atoms with Crippen LogP contribution in [0.4, 0.5) is 0 Å². The molecule has 1 aliphatic carbocycles. The maximum absolute atomic E-state index is 7.72. The van der Waals surface area contributed by atoms with E-state index < -0.39 is 43.6 Å². The Kier molecular flexibility index (Phi) is 0.205. The summed E-state index contributed by atoms with van der Waals surface area (Å²) in [7, 11) is 0. The molecule has 0 bridgehead atoms. The molecule has 0 unspecified atom stereocenters. The monoisotopic (exact) mass is 112 g/mol. The van der Waals surface area contributed by atoms with Gasteiger partial charge in [0.15, 0.2) is 0 Å². The zero-order valence-corrected chi connectivity index (χ0v) is 3.45. The summed E-state index contributed by atoms with van der Waals surface area (Å²) in [6.07, 6.45) is -18.2. The first-order valence-corrected chi connectivity index (χ1v) is 1.72. The van der Waals surface area contributed by atoms with Crippen molar-refractivity contribution in [2.24, 2.45) is 5.72 Å². The SMILES string of the molecule is [2H]N([2H])C1([2H])C([2H])([2H])C([2H])([2H])C([2H])([2H])C([2H])([2H])C1([2H])[2H]. The van der Waals surface area contributed by atoms with Gasteiger partial charge in [0, 0.05) is 21.1 Å². The highest BCUT2D eigenvalue weighted by molar-refractivity contribution is 4.66. The van der Waals surface area contributed by atoms with Crippen molar-refractivity contribution in [3.8, 4) is 0 Å². The maximum atomic E-state index is 7.72. The molecular formula is C6H13N. The van der Waals surface area contributed by atoms with Gasteiger partial charge in [0.05, 0.1) is 0 Å². The van der Waals surface area contributed by atoms with Crippen molar-refractivity contribution < 1.29 is 17.9 Å². The van der Waals surface area contributed by atoms with Crippen molar-refractivity contribution in [3.63, 3.8) is 0 Å². The van der Waals surface area contributed by atoms with Gasteiger partial charge in [-0.2, -0.15) is 0 Å². The lowest BCUT2D eigenvalue weighted by molar-refractivity contribution is 0.441. The second-order valence-corrected chi connectivity index (χ2v) is 0.974. The minimum Gasteiger partial charge on any atom is -0.328 e. The topological polar surface area (TPSA) is 26.0 Å². The Bertz CT molecular complexity index is 381. The van der Waals surface area contributed by atoms with Crippen molar-refractivity contribution in [3.05, 3.63) is 0 Å². The highest BCUT2D eigenvalue weighted by atomic mass is 14.6. The Labute approximate surface area is 63.3 Å². The van der Waals surface area contributed by atoms with Crippen molar-refractivity contribution >= 4 is 0 Å². The van der Waals surface area contributed by atoms with E-state index in [1.54, 1.807) is 0 Å². The van der Waals surface area contributed by atoms with E-state index >= 15 is 0 Å². The van der Waals surface area contributed by atoms with Crippen LogP contribution in [-0.4, -0.2) is 6.02 Å². The molecule has 1 rings (SSSR count). The van der Waals surface area contributed by atoms with Crippen LogP contribution in [0.2, 0.25) is 2.82 Å². The molecule has 2 N–H and O–H groups in total. The zero-order valence-electron chi connectivity index (χ0n) is 16.4. The van der Waals surface area contributed by atoms with Crippen LogP contribution in [0.1, 0.15) is 46.9 Å². The molecule has 0 amide bonds. The van der Waals surface area contributed by atoms with E-state index in [9.17, 15) is 0 Å². The summed E-state index contributed by atoms with van der Waals surface area (Å²) in [4.78, 5) is 0. The van der Waals surface area contributed by atoms with Crippen molar-refractivity contribution in [1.82, 2.24) is 0 Å². The predicted molar refractivity (Wildman–Crippen MR) is 31.1 cm³/mol. The van der Waals surface area contributed by atoms with Gasteiger partial charge in [-0.15, -0.1) is 0 Å². The molecule has 1 heteroatoms. The van der Waals surface area contributed by atoms with E-state index in [2.05, 4.69) is 0 Å². The zero-order chi connectivity index (χ0) is 16.6. The molecule has 0 aromatic rings. The smallest absolute Gasteiger partial charge is 0.119 e. The molecule has 0 aromatic heterocycles. The predicted octanol–water partition coefficient (Wildman–Crippen LogP) is 1.28. The van der Waals surface area contributed by atoms with Gasteiger partial charge in [-0.1, -0.05) is 19.1 Å². The molecule has 0 spiro atoms. The molecule has 0 radical (unpaired) electrons. The van der Waals surface area contributed by atoms with Crippen molar-refractivity contribution in [2.45, 2.75) is 37.9 Å². The fraction of sp³-hybridized carbons (Fsp3) is 1.00. The summed E-state index contributed by atoms with van der Waals surface area (Å²) in [6.45, 7) is 0. The standard InChI is InChI=1S/C6H13N/c7-6-4-2-1-3-5-6/h6H,1-5,7H2/i1D2,2D2,3D2,4D2,5D2,6D/hD2. The second kappa shape index (κ2) is 2.31. The second-order valence-electron chi connectivity index (χ2n) is 0.974. The Morgan fingerprint density at radius 1 is 1.57 bits per heavy atom. The first kappa shape index (κ1) is 0.621. The van der Waals surface area contributed by atoms with Gasteiger partial charge in [-0.25, -0.2) is 0 Å². The first-order chi connectivity index (χ1) is 8.44. The molecule has 0 saturated heterocycles. The molecule has 42 valence electrons. The fourth-order valence-electron chi connectivity index (χ4n) is 0.243. The minimum atomic E-state index is -3.66. The Balaban J connectivity index is 3.83. The van der Waals surface area contributed by atoms with Gasteiger partial charge in [0.25, 0.3) is 0 Å². The fourth-order valence-corrected chi connectivity index (χ4v) is 0.243. The van der Waals surface area contributed by atoms with Crippen LogP contribution in [0.3, 0.4) is 0 Å².